The molecule has 4 N–H and O–H groups in total. The predicted octanol–water partition coefficient (Wildman–Crippen LogP) is 10.7. The van der Waals surface area contributed by atoms with Crippen molar-refractivity contribution in [3.05, 3.63) is 155 Å². The van der Waals surface area contributed by atoms with Crippen LogP contribution in [0.1, 0.15) is 5.56 Å². The zero-order valence-electron chi connectivity index (χ0n) is 29.1. The molecule has 0 amide bonds. The highest BCUT2D eigenvalue weighted by molar-refractivity contribution is 7.93. The molecule has 296 valence electrons. The Bertz CT molecular complexity index is 3010. The highest BCUT2D eigenvalue weighted by atomic mass is 35.5. The molecular formula is C39H25Cl2F5N6O4S2. The predicted molar refractivity (Wildman–Crippen MR) is 212 cm³/mol. The summed E-state index contributed by atoms with van der Waals surface area (Å²) in [7, 11) is -8.16. The number of benzene rings is 6. The highest BCUT2D eigenvalue weighted by Crippen LogP contribution is 2.39. The molecule has 19 heteroatoms. The van der Waals surface area contributed by atoms with Crippen LogP contribution in [-0.2, 0) is 26.2 Å². The molecule has 58 heavy (non-hydrogen) atoms. The van der Waals surface area contributed by atoms with Gasteiger partial charge in [0.1, 0.15) is 11.0 Å². The zero-order valence-corrected chi connectivity index (χ0v) is 32.3. The average molecular weight is 872 g/mol. The lowest BCUT2D eigenvalue weighted by atomic mass is 10.0. The van der Waals surface area contributed by atoms with Crippen molar-refractivity contribution >= 4 is 76.7 Å². The summed E-state index contributed by atoms with van der Waals surface area (Å²) >= 11 is 12.3. The van der Waals surface area contributed by atoms with Crippen molar-refractivity contribution in [2.24, 2.45) is 0 Å². The number of nitrogens with one attached hydrogen (secondary N) is 4. The van der Waals surface area contributed by atoms with E-state index in [1.165, 1.54) is 18.2 Å². The van der Waals surface area contributed by atoms with Gasteiger partial charge in [-0.2, -0.15) is 23.4 Å². The molecule has 8 aromatic rings. The standard InChI is InChI=1S/C20H12ClF4N3O2S.C19H13ClFN3O2S/c21-16-14(11-4-2-1-3-5-11)10-15-18(17(16)22)26-27-19(15)28-31(29,30)13-8-6-12(7-9-13)20(23,24)25;20-16-14(12-7-3-1-4-8-12)11-15-18(17(16)21)22-23-19(15)24-27(25,26)13-9-5-2-6-10-13/h1-10H,(H2,26,27,28);1-11H,(H2,22,23,24). The van der Waals surface area contributed by atoms with E-state index in [0.717, 1.165) is 12.1 Å². The summed E-state index contributed by atoms with van der Waals surface area (Å²) in [6.07, 6.45) is -4.60. The lowest BCUT2D eigenvalue weighted by Gasteiger charge is -2.10. The van der Waals surface area contributed by atoms with Crippen LogP contribution in [-0.4, -0.2) is 37.2 Å². The van der Waals surface area contributed by atoms with E-state index in [1.807, 2.05) is 18.2 Å². The normalized spacial score (nSPS) is 12.0. The van der Waals surface area contributed by atoms with Gasteiger partial charge < -0.3 is 0 Å². The van der Waals surface area contributed by atoms with Crippen molar-refractivity contribution in [1.29, 1.82) is 0 Å². The monoisotopic (exact) mass is 870 g/mol. The van der Waals surface area contributed by atoms with E-state index in [0.29, 0.717) is 34.4 Å². The quantitative estimate of drug-likeness (QED) is 0.112. The Hall–Kier alpha value is -6.01. The van der Waals surface area contributed by atoms with Crippen molar-refractivity contribution in [3.63, 3.8) is 0 Å². The van der Waals surface area contributed by atoms with E-state index in [-0.39, 0.29) is 48.4 Å². The summed E-state index contributed by atoms with van der Waals surface area (Å²) in [5.74, 6) is -1.72. The lowest BCUT2D eigenvalue weighted by molar-refractivity contribution is -0.137. The molecule has 8 rings (SSSR count). The number of alkyl halides is 3. The fraction of sp³-hybridized carbons (Fsp3) is 0.0256. The second-order valence-electron chi connectivity index (χ2n) is 12.4. The Balaban J connectivity index is 0.000000178. The van der Waals surface area contributed by atoms with E-state index in [9.17, 15) is 38.8 Å². The Labute approximate surface area is 336 Å². The van der Waals surface area contributed by atoms with Gasteiger partial charge in [0.15, 0.2) is 23.3 Å². The van der Waals surface area contributed by atoms with Crippen molar-refractivity contribution < 1.29 is 38.8 Å². The van der Waals surface area contributed by atoms with Gasteiger partial charge >= 0.3 is 6.18 Å². The zero-order chi connectivity index (χ0) is 41.4. The van der Waals surface area contributed by atoms with E-state index < -0.39 is 48.3 Å². The Morgan fingerprint density at radius 1 is 0.534 bits per heavy atom. The van der Waals surface area contributed by atoms with Crippen molar-refractivity contribution in [1.82, 2.24) is 20.4 Å². The van der Waals surface area contributed by atoms with Gasteiger partial charge in [0.05, 0.1) is 25.4 Å². The molecule has 0 saturated heterocycles. The first-order chi connectivity index (χ1) is 27.5. The summed E-state index contributed by atoms with van der Waals surface area (Å²) in [6, 6.07) is 31.6. The van der Waals surface area contributed by atoms with Crippen LogP contribution in [0.5, 0.6) is 0 Å². The number of anilines is 2. The molecule has 0 aliphatic carbocycles. The van der Waals surface area contributed by atoms with Gasteiger partial charge in [0.2, 0.25) is 0 Å². The Morgan fingerprint density at radius 3 is 1.28 bits per heavy atom. The van der Waals surface area contributed by atoms with Crippen molar-refractivity contribution in [2.45, 2.75) is 16.0 Å². The molecule has 0 saturated carbocycles. The maximum atomic E-state index is 14.8. The molecule has 0 aliphatic heterocycles. The molecule has 6 aromatic carbocycles. The second-order valence-corrected chi connectivity index (χ2v) is 16.5. The van der Waals surface area contributed by atoms with Crippen LogP contribution in [0.15, 0.2) is 137 Å². The summed E-state index contributed by atoms with van der Waals surface area (Å²) in [6.45, 7) is 0. The maximum Gasteiger partial charge on any atom is 0.416 e. The summed E-state index contributed by atoms with van der Waals surface area (Å²) in [4.78, 5) is -0.326. The summed E-state index contributed by atoms with van der Waals surface area (Å²) < 4.78 is 123. The minimum Gasteiger partial charge on any atom is -0.273 e. The number of aromatic nitrogens is 4. The topological polar surface area (TPSA) is 150 Å². The maximum absolute atomic E-state index is 14.8. The first kappa shape index (κ1) is 40.2. The van der Waals surface area contributed by atoms with Crippen LogP contribution >= 0.6 is 23.2 Å². The third kappa shape index (κ3) is 8.06. The number of aromatic amines is 2. The fourth-order valence-electron chi connectivity index (χ4n) is 5.79. The number of H-pyrrole nitrogens is 2. The number of hydrogen-bond acceptors (Lipinski definition) is 6. The largest absolute Gasteiger partial charge is 0.416 e. The second kappa shape index (κ2) is 15.7. The van der Waals surface area contributed by atoms with Gasteiger partial charge in [-0.05, 0) is 59.7 Å². The van der Waals surface area contributed by atoms with Crippen LogP contribution in [0, 0.1) is 11.6 Å². The molecule has 0 unspecified atom stereocenters. The first-order valence-electron chi connectivity index (χ1n) is 16.7. The van der Waals surface area contributed by atoms with E-state index >= 15 is 0 Å². The van der Waals surface area contributed by atoms with Crippen LogP contribution in [0.25, 0.3) is 44.1 Å². The minimum absolute atomic E-state index is 0.00148. The third-order valence-electron chi connectivity index (χ3n) is 8.66. The molecule has 0 aliphatic rings. The fourth-order valence-corrected chi connectivity index (χ4v) is 8.38. The molecule has 10 nitrogen and oxygen atoms in total. The Morgan fingerprint density at radius 2 is 0.897 bits per heavy atom. The summed E-state index contributed by atoms with van der Waals surface area (Å²) in [5.41, 5.74) is 1.01. The lowest BCUT2D eigenvalue weighted by Crippen LogP contribution is -2.14. The Kier molecular flexibility index (Phi) is 10.9. The van der Waals surface area contributed by atoms with Crippen LogP contribution in [0.4, 0.5) is 33.6 Å². The van der Waals surface area contributed by atoms with Gasteiger partial charge in [-0.3, -0.25) is 19.6 Å². The average Bonchev–Trinajstić information content (AvgIpc) is 3.81. The number of rotatable bonds is 8. The van der Waals surface area contributed by atoms with E-state index in [1.54, 1.807) is 66.7 Å². The smallest absolute Gasteiger partial charge is 0.273 e. The van der Waals surface area contributed by atoms with Gasteiger partial charge in [0, 0.05) is 21.9 Å². The molecular weight excluding hydrogens is 846 g/mol. The number of hydrogen-bond donors (Lipinski definition) is 4. The van der Waals surface area contributed by atoms with Gasteiger partial charge in [-0.1, -0.05) is 102 Å². The molecule has 2 heterocycles. The SMILES string of the molecule is O=S(=O)(Nc1n[nH]c2c(F)c(Cl)c(-c3ccccc3)cc12)c1ccc(C(F)(F)F)cc1.O=S(=O)(Nc1n[nH]c2c(F)c(Cl)c(-c3ccccc3)cc12)c1ccccc1. The minimum atomic E-state index is -4.60. The van der Waals surface area contributed by atoms with Crippen molar-refractivity contribution in [3.8, 4) is 22.3 Å². The first-order valence-corrected chi connectivity index (χ1v) is 20.4. The van der Waals surface area contributed by atoms with Crippen LogP contribution in [0.2, 0.25) is 10.0 Å². The molecule has 0 atom stereocenters. The number of sulfonamides is 2. The van der Waals surface area contributed by atoms with Gasteiger partial charge in [0.25, 0.3) is 20.0 Å². The molecule has 0 spiro atoms. The summed E-state index contributed by atoms with van der Waals surface area (Å²) in [5, 5.41) is 12.8. The number of halogens is 7. The molecule has 0 bridgehead atoms. The highest BCUT2D eigenvalue weighted by Gasteiger charge is 2.31. The van der Waals surface area contributed by atoms with E-state index in [2.05, 4.69) is 29.8 Å². The number of nitrogens with zero attached hydrogens (tertiary/aromatic N) is 2. The van der Waals surface area contributed by atoms with Crippen LogP contribution < -0.4 is 9.44 Å². The number of fused-ring (bicyclic) bond motifs is 2. The van der Waals surface area contributed by atoms with E-state index in [4.69, 9.17) is 23.2 Å². The van der Waals surface area contributed by atoms with Gasteiger partial charge in [-0.15, -0.1) is 0 Å². The van der Waals surface area contributed by atoms with Crippen LogP contribution in [0.3, 0.4) is 0 Å². The third-order valence-corrected chi connectivity index (χ3v) is 12.1. The molecule has 0 radical (unpaired) electrons. The van der Waals surface area contributed by atoms with Crippen molar-refractivity contribution in [2.75, 3.05) is 9.44 Å². The van der Waals surface area contributed by atoms with Gasteiger partial charge in [-0.25, -0.2) is 25.6 Å². The molecule has 0 fully saturated rings. The molecule has 2 aromatic heterocycles.